The van der Waals surface area contributed by atoms with Crippen molar-refractivity contribution >= 4 is 22.2 Å². The van der Waals surface area contributed by atoms with E-state index < -0.39 is 0 Å². The standard InChI is InChI=1S/C22H26N2O2S/c1-16-5-6-17-11-18(12-24-8-3-7-22(13-24,14-25)15-26)21(23-19(17)10-16)20-4-2-9-27-20/h2,4-6,9-11,25-26H,3,7-8,12-15H2,1H3. The lowest BCUT2D eigenvalue weighted by atomic mass is 9.81. The van der Waals surface area contributed by atoms with E-state index in [2.05, 4.69) is 53.6 Å². The van der Waals surface area contributed by atoms with Gasteiger partial charge in [0.2, 0.25) is 0 Å². The molecule has 0 saturated carbocycles. The van der Waals surface area contributed by atoms with Crippen LogP contribution < -0.4 is 0 Å². The predicted octanol–water partition coefficient (Wildman–Crippen LogP) is 3.84. The van der Waals surface area contributed by atoms with Crippen LogP contribution in [0, 0.1) is 12.3 Å². The molecule has 3 heterocycles. The Balaban J connectivity index is 1.72. The summed E-state index contributed by atoms with van der Waals surface area (Å²) in [5.74, 6) is 0. The number of aryl methyl sites for hydroxylation is 1. The summed E-state index contributed by atoms with van der Waals surface area (Å²) in [5, 5.41) is 22.8. The summed E-state index contributed by atoms with van der Waals surface area (Å²) in [6.45, 7) is 4.65. The first-order chi connectivity index (χ1) is 13.1. The minimum atomic E-state index is -0.386. The van der Waals surface area contributed by atoms with E-state index in [1.54, 1.807) is 11.3 Å². The van der Waals surface area contributed by atoms with E-state index in [1.165, 1.54) is 16.0 Å². The number of aromatic nitrogens is 1. The molecule has 2 aromatic heterocycles. The van der Waals surface area contributed by atoms with Gasteiger partial charge in [-0.25, -0.2) is 4.98 Å². The normalized spacial score (nSPS) is 17.4. The largest absolute Gasteiger partial charge is 0.396 e. The molecule has 0 radical (unpaired) electrons. The van der Waals surface area contributed by atoms with Crippen molar-refractivity contribution < 1.29 is 10.2 Å². The van der Waals surface area contributed by atoms with Crippen LogP contribution in [0.4, 0.5) is 0 Å². The van der Waals surface area contributed by atoms with Gasteiger partial charge in [-0.15, -0.1) is 11.3 Å². The summed E-state index contributed by atoms with van der Waals surface area (Å²) < 4.78 is 0. The summed E-state index contributed by atoms with van der Waals surface area (Å²) >= 11 is 1.71. The van der Waals surface area contributed by atoms with E-state index >= 15 is 0 Å². The monoisotopic (exact) mass is 382 g/mol. The Kier molecular flexibility index (Phi) is 5.28. The number of aliphatic hydroxyl groups is 2. The molecule has 2 N–H and O–H groups in total. The lowest BCUT2D eigenvalue weighted by Crippen LogP contribution is -2.47. The molecule has 0 amide bonds. The maximum absolute atomic E-state index is 9.80. The molecule has 0 unspecified atom stereocenters. The SMILES string of the molecule is Cc1ccc2cc(CN3CCCC(CO)(CO)C3)c(-c3cccs3)nc2c1. The predicted molar refractivity (Wildman–Crippen MR) is 111 cm³/mol. The fourth-order valence-electron chi connectivity index (χ4n) is 4.06. The van der Waals surface area contributed by atoms with Crippen LogP contribution in [0.3, 0.4) is 0 Å². The van der Waals surface area contributed by atoms with Crippen LogP contribution in [0.25, 0.3) is 21.5 Å². The Bertz CT molecular complexity index is 919. The van der Waals surface area contributed by atoms with Crippen LogP contribution in [0.2, 0.25) is 0 Å². The molecule has 5 heteroatoms. The number of likely N-dealkylation sites (tertiary alicyclic amines) is 1. The van der Waals surface area contributed by atoms with Crippen molar-refractivity contribution in [2.24, 2.45) is 5.41 Å². The molecule has 1 aliphatic heterocycles. The van der Waals surface area contributed by atoms with Crippen LogP contribution >= 0.6 is 11.3 Å². The molecule has 0 spiro atoms. The molecule has 1 aliphatic rings. The van der Waals surface area contributed by atoms with Crippen molar-refractivity contribution in [2.75, 3.05) is 26.3 Å². The molecule has 27 heavy (non-hydrogen) atoms. The molecule has 0 bridgehead atoms. The quantitative estimate of drug-likeness (QED) is 0.704. The van der Waals surface area contributed by atoms with Crippen LogP contribution in [0.15, 0.2) is 41.8 Å². The van der Waals surface area contributed by atoms with Gasteiger partial charge in [0.25, 0.3) is 0 Å². The Labute approximate surface area is 164 Å². The number of hydrogen-bond donors (Lipinski definition) is 2. The first kappa shape index (κ1) is 18.6. The van der Waals surface area contributed by atoms with E-state index in [0.29, 0.717) is 0 Å². The van der Waals surface area contributed by atoms with Crippen molar-refractivity contribution in [1.29, 1.82) is 0 Å². The topological polar surface area (TPSA) is 56.6 Å². The van der Waals surface area contributed by atoms with E-state index in [4.69, 9.17) is 4.98 Å². The summed E-state index contributed by atoms with van der Waals surface area (Å²) in [5.41, 5.74) is 4.11. The van der Waals surface area contributed by atoms with Gasteiger partial charge in [0.1, 0.15) is 0 Å². The van der Waals surface area contributed by atoms with Crippen LogP contribution in [-0.4, -0.2) is 46.4 Å². The van der Waals surface area contributed by atoms with Crippen LogP contribution in [0.1, 0.15) is 24.0 Å². The molecule has 142 valence electrons. The summed E-state index contributed by atoms with van der Waals surface area (Å²) in [6.07, 6.45) is 1.87. The van der Waals surface area contributed by atoms with Gasteiger partial charge in [-0.1, -0.05) is 18.2 Å². The number of hydrogen-bond acceptors (Lipinski definition) is 5. The molecule has 0 atom stereocenters. The van der Waals surface area contributed by atoms with Crippen molar-refractivity contribution in [1.82, 2.24) is 9.88 Å². The highest BCUT2D eigenvalue weighted by molar-refractivity contribution is 7.13. The zero-order valence-electron chi connectivity index (χ0n) is 15.7. The second kappa shape index (κ2) is 7.68. The Morgan fingerprint density at radius 2 is 2.04 bits per heavy atom. The van der Waals surface area contributed by atoms with E-state index in [9.17, 15) is 10.2 Å². The van der Waals surface area contributed by atoms with E-state index in [1.807, 2.05) is 0 Å². The Hall–Kier alpha value is -1.79. The van der Waals surface area contributed by atoms with Crippen molar-refractivity contribution in [3.05, 3.63) is 52.9 Å². The molecule has 4 rings (SSSR count). The van der Waals surface area contributed by atoms with Crippen molar-refractivity contribution in [3.8, 4) is 10.6 Å². The average molecular weight is 383 g/mol. The molecule has 4 nitrogen and oxygen atoms in total. The number of aliphatic hydroxyl groups excluding tert-OH is 2. The molecule has 3 aromatic rings. The molecule has 1 fully saturated rings. The molecule has 1 saturated heterocycles. The average Bonchev–Trinajstić information content (AvgIpc) is 3.22. The number of fused-ring (bicyclic) bond motifs is 1. The van der Waals surface area contributed by atoms with Gasteiger partial charge in [0, 0.05) is 23.9 Å². The lowest BCUT2D eigenvalue weighted by Gasteiger charge is -2.40. The summed E-state index contributed by atoms with van der Waals surface area (Å²) in [6, 6.07) is 12.9. The number of pyridine rings is 1. The second-order valence-corrected chi connectivity index (χ2v) is 8.75. The maximum Gasteiger partial charge on any atom is 0.0854 e. The third kappa shape index (κ3) is 3.78. The minimum absolute atomic E-state index is 0.0348. The van der Waals surface area contributed by atoms with Crippen LogP contribution in [0.5, 0.6) is 0 Å². The first-order valence-electron chi connectivity index (χ1n) is 9.51. The Morgan fingerprint density at radius 1 is 1.19 bits per heavy atom. The molecular formula is C22H26N2O2S. The van der Waals surface area contributed by atoms with E-state index in [-0.39, 0.29) is 18.6 Å². The lowest BCUT2D eigenvalue weighted by molar-refractivity contribution is -0.0131. The molecule has 0 aliphatic carbocycles. The Morgan fingerprint density at radius 3 is 2.78 bits per heavy atom. The molecule has 1 aromatic carbocycles. The van der Waals surface area contributed by atoms with Crippen molar-refractivity contribution in [2.45, 2.75) is 26.3 Å². The number of piperidine rings is 1. The van der Waals surface area contributed by atoms with E-state index in [0.717, 1.165) is 49.1 Å². The van der Waals surface area contributed by atoms with Gasteiger partial charge in [-0.2, -0.15) is 0 Å². The third-order valence-electron chi connectivity index (χ3n) is 5.61. The number of benzene rings is 1. The second-order valence-electron chi connectivity index (χ2n) is 7.80. The summed E-state index contributed by atoms with van der Waals surface area (Å²) in [4.78, 5) is 8.54. The van der Waals surface area contributed by atoms with Crippen LogP contribution in [-0.2, 0) is 6.54 Å². The fraction of sp³-hybridized carbons (Fsp3) is 0.409. The number of thiophene rings is 1. The van der Waals surface area contributed by atoms with Gasteiger partial charge in [-0.3, -0.25) is 4.90 Å². The zero-order chi connectivity index (χ0) is 18.9. The van der Waals surface area contributed by atoms with Gasteiger partial charge in [0.05, 0.1) is 29.3 Å². The number of rotatable bonds is 5. The highest BCUT2D eigenvalue weighted by Gasteiger charge is 2.34. The first-order valence-corrected chi connectivity index (χ1v) is 10.4. The van der Waals surface area contributed by atoms with Gasteiger partial charge < -0.3 is 10.2 Å². The molecular weight excluding hydrogens is 356 g/mol. The highest BCUT2D eigenvalue weighted by atomic mass is 32.1. The third-order valence-corrected chi connectivity index (χ3v) is 6.49. The smallest absolute Gasteiger partial charge is 0.0854 e. The summed E-state index contributed by atoms with van der Waals surface area (Å²) in [7, 11) is 0. The maximum atomic E-state index is 9.80. The van der Waals surface area contributed by atoms with Crippen molar-refractivity contribution in [3.63, 3.8) is 0 Å². The zero-order valence-corrected chi connectivity index (χ0v) is 16.5. The number of nitrogens with zero attached hydrogens (tertiary/aromatic N) is 2. The van der Waals surface area contributed by atoms with Gasteiger partial charge in [-0.05, 0) is 61.0 Å². The minimum Gasteiger partial charge on any atom is -0.396 e. The van der Waals surface area contributed by atoms with Gasteiger partial charge >= 0.3 is 0 Å². The highest BCUT2D eigenvalue weighted by Crippen LogP contribution is 2.33. The fourth-order valence-corrected chi connectivity index (χ4v) is 4.81. The van der Waals surface area contributed by atoms with Gasteiger partial charge in [0.15, 0.2) is 0 Å².